The highest BCUT2D eigenvalue weighted by Gasteiger charge is 2.40. The summed E-state index contributed by atoms with van der Waals surface area (Å²) in [5.74, 6) is 1.10. The van der Waals surface area contributed by atoms with E-state index in [4.69, 9.17) is 14.7 Å². The van der Waals surface area contributed by atoms with Gasteiger partial charge in [0.2, 0.25) is 0 Å². The van der Waals surface area contributed by atoms with Crippen molar-refractivity contribution in [1.29, 1.82) is 0 Å². The van der Waals surface area contributed by atoms with Crippen molar-refractivity contribution in [3.05, 3.63) is 36.0 Å². The Morgan fingerprint density at radius 1 is 1.14 bits per heavy atom. The minimum absolute atomic E-state index is 0.0249. The van der Waals surface area contributed by atoms with Crippen molar-refractivity contribution in [3.8, 4) is 11.4 Å². The molecule has 3 rings (SSSR count). The molecule has 1 fully saturated rings. The van der Waals surface area contributed by atoms with Crippen LogP contribution >= 0.6 is 0 Å². The van der Waals surface area contributed by atoms with Gasteiger partial charge >= 0.3 is 6.03 Å². The van der Waals surface area contributed by atoms with Crippen molar-refractivity contribution in [3.63, 3.8) is 0 Å². The maximum atomic E-state index is 13.2. The first-order valence-electron chi connectivity index (χ1n) is 12.0. The molecular weight excluding hydrogens is 466 g/mol. The fourth-order valence-electron chi connectivity index (χ4n) is 3.95. The summed E-state index contributed by atoms with van der Waals surface area (Å²) >= 11 is 0. The Morgan fingerprint density at radius 2 is 1.80 bits per heavy atom. The van der Waals surface area contributed by atoms with Crippen LogP contribution in [0.4, 0.5) is 16.3 Å². The van der Waals surface area contributed by atoms with Crippen molar-refractivity contribution < 1.29 is 17.9 Å². The van der Waals surface area contributed by atoms with E-state index >= 15 is 0 Å². The van der Waals surface area contributed by atoms with Gasteiger partial charge in [-0.25, -0.2) is 23.2 Å². The second-order valence-corrected chi connectivity index (χ2v) is 13.0. The lowest BCUT2D eigenvalue weighted by atomic mass is 10.1. The number of rotatable bonds is 7. The molecule has 0 unspecified atom stereocenters. The topological polar surface area (TPSA) is 114 Å². The largest absolute Gasteiger partial charge is 0.377 e. The number of morpholine rings is 1. The lowest BCUT2D eigenvalue weighted by Crippen LogP contribution is -2.44. The summed E-state index contributed by atoms with van der Waals surface area (Å²) in [6.07, 6.45) is 0. The van der Waals surface area contributed by atoms with E-state index in [1.807, 2.05) is 26.0 Å². The van der Waals surface area contributed by atoms with Gasteiger partial charge in [0.15, 0.2) is 15.7 Å². The third kappa shape index (κ3) is 5.92. The smallest absolute Gasteiger partial charge is 0.319 e. The number of nitrogens with zero attached hydrogens (tertiary/aromatic N) is 3. The molecule has 2 aromatic rings. The summed E-state index contributed by atoms with van der Waals surface area (Å²) in [7, 11) is -3.51. The number of amides is 2. The van der Waals surface area contributed by atoms with E-state index in [1.165, 1.54) is 0 Å². The number of sulfone groups is 1. The third-order valence-corrected chi connectivity index (χ3v) is 9.02. The van der Waals surface area contributed by atoms with Crippen LogP contribution in [0.5, 0.6) is 0 Å². The predicted octanol–water partition coefficient (Wildman–Crippen LogP) is 3.96. The van der Waals surface area contributed by atoms with Gasteiger partial charge in [0.1, 0.15) is 10.6 Å². The van der Waals surface area contributed by atoms with E-state index in [9.17, 15) is 13.2 Å². The molecule has 9 nitrogen and oxygen atoms in total. The van der Waals surface area contributed by atoms with E-state index in [0.717, 1.165) is 5.56 Å². The fourth-order valence-corrected chi connectivity index (χ4v) is 5.53. The Kier molecular flexibility index (Phi) is 8.06. The van der Waals surface area contributed by atoms with Crippen molar-refractivity contribution in [2.45, 2.75) is 70.5 Å². The molecule has 1 aliphatic heterocycles. The lowest BCUT2D eigenvalue weighted by Gasteiger charge is -2.35. The molecule has 1 aliphatic rings. The fraction of sp³-hybridized carbons (Fsp3) is 0.560. The van der Waals surface area contributed by atoms with Gasteiger partial charge in [0.25, 0.3) is 0 Å². The molecule has 2 N–H and O–H groups in total. The van der Waals surface area contributed by atoms with E-state index in [2.05, 4.69) is 22.5 Å². The van der Waals surface area contributed by atoms with Gasteiger partial charge in [-0.1, -0.05) is 0 Å². The second-order valence-electron chi connectivity index (χ2n) is 9.99. The van der Waals surface area contributed by atoms with Gasteiger partial charge in [-0.05, 0) is 72.7 Å². The maximum absolute atomic E-state index is 13.2. The minimum atomic E-state index is -3.51. The molecule has 35 heavy (non-hydrogen) atoms. The number of hydrogen-bond acceptors (Lipinski definition) is 7. The van der Waals surface area contributed by atoms with Gasteiger partial charge in [0, 0.05) is 29.9 Å². The van der Waals surface area contributed by atoms with E-state index < -0.39 is 19.8 Å². The van der Waals surface area contributed by atoms with Gasteiger partial charge in [-0.3, -0.25) is 0 Å². The van der Waals surface area contributed by atoms with Crippen molar-refractivity contribution in [2.24, 2.45) is 0 Å². The standard InChI is InChI=1S/C25H37N5O4S/c1-16(2)26-24(31)27-20-10-8-19(9-11-20)23-28-21(25(6,7)35(32,33)17(3)4)14-22(29-23)30-12-13-34-15-18(30)5/h8-11,14,16-18H,12-13,15H2,1-7H3,(H2,26,27,31)/t18-/m0/s1. The van der Waals surface area contributed by atoms with Crippen LogP contribution in [0, 0.1) is 0 Å². The lowest BCUT2D eigenvalue weighted by molar-refractivity contribution is 0.0985. The summed E-state index contributed by atoms with van der Waals surface area (Å²) in [4.78, 5) is 23.7. The number of benzene rings is 1. The molecule has 1 aromatic carbocycles. The first kappa shape index (κ1) is 26.9. The highest BCUT2D eigenvalue weighted by molar-refractivity contribution is 7.92. The summed E-state index contributed by atoms with van der Waals surface area (Å²) in [6.45, 7) is 14.4. The highest BCUT2D eigenvalue weighted by atomic mass is 32.2. The van der Waals surface area contributed by atoms with Crippen LogP contribution in [0.1, 0.15) is 54.2 Å². The molecule has 0 spiro atoms. The zero-order chi connectivity index (χ0) is 26.0. The normalized spacial score (nSPS) is 17.1. The predicted molar refractivity (Wildman–Crippen MR) is 139 cm³/mol. The van der Waals surface area contributed by atoms with Crippen LogP contribution in [0.15, 0.2) is 30.3 Å². The first-order valence-corrected chi connectivity index (χ1v) is 13.5. The monoisotopic (exact) mass is 503 g/mol. The molecule has 2 amide bonds. The van der Waals surface area contributed by atoms with Crippen LogP contribution in [0.25, 0.3) is 11.4 Å². The minimum Gasteiger partial charge on any atom is -0.377 e. The summed E-state index contributed by atoms with van der Waals surface area (Å²) in [5, 5.41) is 5.03. The van der Waals surface area contributed by atoms with Gasteiger partial charge in [0.05, 0.1) is 30.2 Å². The number of carbonyl (C=O) groups is 1. The van der Waals surface area contributed by atoms with Crippen LogP contribution in [0.3, 0.4) is 0 Å². The molecule has 1 aromatic heterocycles. The van der Waals surface area contributed by atoms with E-state index in [0.29, 0.717) is 42.8 Å². The van der Waals surface area contributed by atoms with Gasteiger partial charge < -0.3 is 20.3 Å². The molecule has 192 valence electrons. The van der Waals surface area contributed by atoms with Crippen LogP contribution in [0.2, 0.25) is 0 Å². The summed E-state index contributed by atoms with van der Waals surface area (Å²) in [5.41, 5.74) is 1.80. The Morgan fingerprint density at radius 3 is 2.37 bits per heavy atom. The molecule has 2 heterocycles. The van der Waals surface area contributed by atoms with E-state index in [-0.39, 0.29) is 18.1 Å². The molecule has 1 atom stereocenters. The van der Waals surface area contributed by atoms with Crippen LogP contribution in [-0.2, 0) is 19.3 Å². The van der Waals surface area contributed by atoms with E-state index in [1.54, 1.807) is 45.9 Å². The van der Waals surface area contributed by atoms with Crippen molar-refractivity contribution in [1.82, 2.24) is 15.3 Å². The van der Waals surface area contributed by atoms with Crippen LogP contribution < -0.4 is 15.5 Å². The zero-order valence-electron chi connectivity index (χ0n) is 21.6. The summed E-state index contributed by atoms with van der Waals surface area (Å²) in [6, 6.07) is 8.82. The number of urea groups is 1. The Labute approximate surface area is 208 Å². The average Bonchev–Trinajstić information content (AvgIpc) is 2.78. The number of aromatic nitrogens is 2. The third-order valence-electron chi connectivity index (χ3n) is 6.14. The quantitative estimate of drug-likeness (QED) is 0.588. The highest BCUT2D eigenvalue weighted by Crippen LogP contribution is 2.35. The molecule has 10 heteroatoms. The first-order chi connectivity index (χ1) is 16.3. The number of ether oxygens (including phenoxy) is 1. The number of nitrogens with one attached hydrogen (secondary N) is 2. The molecule has 1 saturated heterocycles. The van der Waals surface area contributed by atoms with Crippen molar-refractivity contribution >= 4 is 27.4 Å². The second kappa shape index (κ2) is 10.5. The summed E-state index contributed by atoms with van der Waals surface area (Å²) < 4.78 is 30.8. The Bertz CT molecular complexity index is 1150. The Hall–Kier alpha value is -2.72. The molecule has 0 bridgehead atoms. The van der Waals surface area contributed by atoms with Crippen LogP contribution in [-0.4, -0.2) is 61.5 Å². The Balaban J connectivity index is 2.04. The molecule has 0 radical (unpaired) electrons. The number of carbonyl (C=O) groups excluding carboxylic acids is 1. The van der Waals surface area contributed by atoms with Crippen molar-refractivity contribution in [2.75, 3.05) is 30.0 Å². The van der Waals surface area contributed by atoms with Gasteiger partial charge in [-0.2, -0.15) is 0 Å². The average molecular weight is 504 g/mol. The molecule has 0 saturated carbocycles. The molecular formula is C25H37N5O4S. The SMILES string of the molecule is CC(C)NC(=O)Nc1ccc(-c2nc(N3CCOC[C@@H]3C)cc(C(C)(C)S(=O)(=O)C(C)C)n2)cc1. The number of anilines is 2. The number of hydrogen-bond donors (Lipinski definition) is 2. The molecule has 0 aliphatic carbocycles. The zero-order valence-corrected chi connectivity index (χ0v) is 22.4. The maximum Gasteiger partial charge on any atom is 0.319 e. The van der Waals surface area contributed by atoms with Gasteiger partial charge in [-0.15, -0.1) is 0 Å².